The first-order valence-corrected chi connectivity index (χ1v) is 5.69. The van der Waals surface area contributed by atoms with Crippen LogP contribution >= 0.6 is 0 Å². The van der Waals surface area contributed by atoms with Gasteiger partial charge in [-0.3, -0.25) is 0 Å². The zero-order chi connectivity index (χ0) is 11.3. The predicted molar refractivity (Wildman–Crippen MR) is 57.6 cm³/mol. The fraction of sp³-hybridized carbons (Fsp3) is 0.909. The maximum Gasteiger partial charge on any atom is 0.407 e. The van der Waals surface area contributed by atoms with Crippen LogP contribution in [-0.2, 0) is 4.74 Å². The molecular weight excluding hydrogens is 194 g/mol. The van der Waals surface area contributed by atoms with E-state index in [0.29, 0.717) is 5.92 Å². The number of nitrogens with one attached hydrogen (secondary N) is 1. The van der Waals surface area contributed by atoms with Gasteiger partial charge in [0.2, 0.25) is 0 Å². The van der Waals surface area contributed by atoms with E-state index in [0.717, 1.165) is 25.7 Å². The Morgan fingerprint density at radius 2 is 2.20 bits per heavy atom. The van der Waals surface area contributed by atoms with Crippen LogP contribution in [0.25, 0.3) is 0 Å². The Morgan fingerprint density at radius 1 is 1.53 bits per heavy atom. The van der Waals surface area contributed by atoms with Crippen LogP contribution in [0.15, 0.2) is 0 Å². The smallest absolute Gasteiger partial charge is 0.407 e. The number of ether oxygens (including phenoxy) is 1. The zero-order valence-electron chi connectivity index (χ0n) is 9.53. The Hall–Kier alpha value is -0.770. The van der Waals surface area contributed by atoms with Crippen molar-refractivity contribution in [2.24, 2.45) is 5.92 Å². The van der Waals surface area contributed by atoms with Gasteiger partial charge in [-0.25, -0.2) is 4.79 Å². The van der Waals surface area contributed by atoms with Gasteiger partial charge in [0.15, 0.2) is 0 Å². The highest BCUT2D eigenvalue weighted by molar-refractivity contribution is 5.67. The van der Waals surface area contributed by atoms with E-state index in [1.165, 1.54) is 0 Å². The molecule has 15 heavy (non-hydrogen) atoms. The van der Waals surface area contributed by atoms with E-state index < -0.39 is 0 Å². The van der Waals surface area contributed by atoms with Crippen molar-refractivity contribution in [2.45, 2.75) is 51.7 Å². The quantitative estimate of drug-likeness (QED) is 0.733. The molecule has 0 aromatic carbocycles. The molecular formula is C11H21NO3. The molecule has 1 saturated carbocycles. The van der Waals surface area contributed by atoms with Crippen LogP contribution in [0, 0.1) is 5.92 Å². The van der Waals surface area contributed by atoms with Gasteiger partial charge in [0.1, 0.15) is 6.10 Å². The molecule has 0 radical (unpaired) electrons. The lowest BCUT2D eigenvalue weighted by Gasteiger charge is -2.26. The van der Waals surface area contributed by atoms with E-state index >= 15 is 0 Å². The van der Waals surface area contributed by atoms with Gasteiger partial charge in [0, 0.05) is 0 Å². The average molecular weight is 215 g/mol. The molecule has 0 bridgehead atoms. The summed E-state index contributed by atoms with van der Waals surface area (Å²) in [5.41, 5.74) is 0. The number of alkyl carbamates (subject to hydrolysis) is 1. The molecule has 1 amide bonds. The van der Waals surface area contributed by atoms with E-state index in [2.05, 4.69) is 19.2 Å². The van der Waals surface area contributed by atoms with Crippen molar-refractivity contribution >= 4 is 6.09 Å². The largest absolute Gasteiger partial charge is 0.446 e. The molecule has 0 saturated heterocycles. The lowest BCUT2D eigenvalue weighted by atomic mass is 9.96. The van der Waals surface area contributed by atoms with Gasteiger partial charge in [-0.15, -0.1) is 0 Å². The van der Waals surface area contributed by atoms with Crippen LogP contribution < -0.4 is 5.32 Å². The minimum atomic E-state index is -0.389. The van der Waals surface area contributed by atoms with Crippen LogP contribution in [0.3, 0.4) is 0 Å². The molecule has 2 N–H and O–H groups in total. The third kappa shape index (κ3) is 4.51. The fourth-order valence-corrected chi connectivity index (χ4v) is 1.59. The summed E-state index contributed by atoms with van der Waals surface area (Å²) in [6, 6.07) is -0.183. The molecule has 88 valence electrons. The van der Waals surface area contributed by atoms with E-state index in [1.54, 1.807) is 0 Å². The Bertz CT molecular complexity index is 202. The topological polar surface area (TPSA) is 58.6 Å². The maximum absolute atomic E-state index is 11.4. The van der Waals surface area contributed by atoms with Gasteiger partial charge in [0.25, 0.3) is 0 Å². The first kappa shape index (κ1) is 12.3. The number of aliphatic hydroxyl groups excluding tert-OH is 1. The fourth-order valence-electron chi connectivity index (χ4n) is 1.59. The second kappa shape index (κ2) is 5.95. The van der Waals surface area contributed by atoms with Crippen molar-refractivity contribution in [3.05, 3.63) is 0 Å². The first-order chi connectivity index (χ1) is 7.11. The van der Waals surface area contributed by atoms with Gasteiger partial charge < -0.3 is 15.2 Å². The summed E-state index contributed by atoms with van der Waals surface area (Å²) in [6.07, 6.45) is 3.58. The molecule has 1 aliphatic rings. The summed E-state index contributed by atoms with van der Waals surface area (Å²) in [7, 11) is 0. The lowest BCUT2D eigenvalue weighted by Crippen LogP contribution is -2.41. The Balaban J connectivity index is 2.20. The first-order valence-electron chi connectivity index (χ1n) is 5.69. The average Bonchev–Trinajstić information content (AvgIpc) is 2.09. The molecule has 1 atom stereocenters. The molecule has 0 heterocycles. The number of hydrogen-bond donors (Lipinski definition) is 2. The van der Waals surface area contributed by atoms with E-state index in [4.69, 9.17) is 9.84 Å². The lowest BCUT2D eigenvalue weighted by molar-refractivity contribution is 0.0477. The second-order valence-corrected chi connectivity index (χ2v) is 4.61. The van der Waals surface area contributed by atoms with Gasteiger partial charge in [0.05, 0.1) is 12.6 Å². The van der Waals surface area contributed by atoms with Crippen LogP contribution in [0.4, 0.5) is 4.79 Å². The Morgan fingerprint density at radius 3 is 2.60 bits per heavy atom. The molecule has 0 spiro atoms. The molecule has 1 aliphatic carbocycles. The number of rotatable bonds is 5. The maximum atomic E-state index is 11.4. The Kier molecular flexibility index (Phi) is 4.88. The van der Waals surface area contributed by atoms with Crippen LogP contribution in [-0.4, -0.2) is 30.0 Å². The third-order valence-electron chi connectivity index (χ3n) is 2.62. The molecule has 4 heteroatoms. The summed E-state index contributed by atoms with van der Waals surface area (Å²) in [5.74, 6) is 0.450. The third-order valence-corrected chi connectivity index (χ3v) is 2.62. The minimum Gasteiger partial charge on any atom is -0.446 e. The molecule has 1 fully saturated rings. The summed E-state index contributed by atoms with van der Waals surface area (Å²) < 4.78 is 5.14. The van der Waals surface area contributed by atoms with Crippen molar-refractivity contribution in [2.75, 3.05) is 6.61 Å². The van der Waals surface area contributed by atoms with E-state index in [-0.39, 0.29) is 24.8 Å². The molecule has 0 aliphatic heterocycles. The SMILES string of the molecule is CC(C)C[C@@H](CO)NC(=O)OC1CCC1. The number of carbonyl (C=O) groups is 1. The highest BCUT2D eigenvalue weighted by Gasteiger charge is 2.23. The number of carbonyl (C=O) groups excluding carboxylic acids is 1. The summed E-state index contributed by atoms with van der Waals surface area (Å²) in [5, 5.41) is 11.7. The van der Waals surface area contributed by atoms with Crippen LogP contribution in [0.5, 0.6) is 0 Å². The van der Waals surface area contributed by atoms with Gasteiger partial charge in [-0.1, -0.05) is 13.8 Å². The highest BCUT2D eigenvalue weighted by Crippen LogP contribution is 2.21. The van der Waals surface area contributed by atoms with Gasteiger partial charge in [-0.05, 0) is 31.6 Å². The standard InChI is InChI=1S/C11H21NO3/c1-8(2)6-9(7-13)12-11(14)15-10-4-3-5-10/h8-10,13H,3-7H2,1-2H3,(H,12,14)/t9-/m0/s1. The molecule has 0 unspecified atom stereocenters. The van der Waals surface area contributed by atoms with Gasteiger partial charge in [-0.2, -0.15) is 0 Å². The monoisotopic (exact) mass is 215 g/mol. The molecule has 1 rings (SSSR count). The normalized spacial score (nSPS) is 18.4. The molecule has 0 aromatic rings. The molecule has 4 nitrogen and oxygen atoms in total. The molecule has 0 aromatic heterocycles. The van der Waals surface area contributed by atoms with Gasteiger partial charge >= 0.3 is 6.09 Å². The van der Waals surface area contributed by atoms with Crippen LogP contribution in [0.2, 0.25) is 0 Å². The van der Waals surface area contributed by atoms with Crippen LogP contribution in [0.1, 0.15) is 39.5 Å². The van der Waals surface area contributed by atoms with Crippen molar-refractivity contribution in [3.8, 4) is 0 Å². The number of amides is 1. The zero-order valence-corrected chi connectivity index (χ0v) is 9.53. The summed E-state index contributed by atoms with van der Waals surface area (Å²) >= 11 is 0. The number of hydrogen-bond acceptors (Lipinski definition) is 3. The van der Waals surface area contributed by atoms with Crippen molar-refractivity contribution in [1.82, 2.24) is 5.32 Å². The van der Waals surface area contributed by atoms with Crippen molar-refractivity contribution in [3.63, 3.8) is 0 Å². The van der Waals surface area contributed by atoms with E-state index in [9.17, 15) is 4.79 Å². The second-order valence-electron chi connectivity index (χ2n) is 4.61. The highest BCUT2D eigenvalue weighted by atomic mass is 16.6. The van der Waals surface area contributed by atoms with Crippen molar-refractivity contribution in [1.29, 1.82) is 0 Å². The predicted octanol–water partition coefficient (Wildman–Crippen LogP) is 1.67. The summed E-state index contributed by atoms with van der Waals surface area (Å²) in [4.78, 5) is 11.4. The van der Waals surface area contributed by atoms with Crippen molar-refractivity contribution < 1.29 is 14.6 Å². The minimum absolute atomic E-state index is 0.0298. The summed E-state index contributed by atoms with van der Waals surface area (Å²) in [6.45, 7) is 4.08. The number of aliphatic hydroxyl groups is 1. The van der Waals surface area contributed by atoms with E-state index in [1.807, 2.05) is 0 Å². The Labute approximate surface area is 91.0 Å².